The Morgan fingerprint density at radius 1 is 0.529 bits per heavy atom. The minimum absolute atomic E-state index is 0. The van der Waals surface area contributed by atoms with Gasteiger partial charge in [-0.2, -0.15) is 0 Å². The van der Waals surface area contributed by atoms with E-state index in [-0.39, 0.29) is 95.5 Å². The van der Waals surface area contributed by atoms with Gasteiger partial charge in [-0.3, -0.25) is 29.2 Å². The number of piperazine rings is 2. The van der Waals surface area contributed by atoms with Crippen LogP contribution in [-0.4, -0.2) is 267 Å². The molecular weight excluding hydrogens is 1030 g/mol. The number of fused-ring (bicyclic) bond motifs is 2. The van der Waals surface area contributed by atoms with E-state index in [1.165, 1.54) is 0 Å². The molecule has 1 radical (unpaired) electrons. The average Bonchev–Trinajstić information content (AvgIpc) is 4.14. The number of ether oxygens (including phenoxy) is 10. The molecule has 0 amide bonds. The molecule has 0 aliphatic carbocycles. The standard InChI is InChI=1S/C44H86N4O15Si2.2CH4.2ClH.V/c1-53-15-17-55-19-21-57-23-25-61-43(51)29-39-41-33-45(9-11-47(39)41)31-37(49)35-59-13-7-27-64(3,4)63-65(5,6)28-8-14-60-36-38(50)32-46-10-12-48-40(42(48)34-46)30-44(52)62-26-24-58-22-20-56-18-16-54-2;;;;;/h37-42,49-50H,7-36H2,1-6H3;2*1H4;2*1H;/p-2. The van der Waals surface area contributed by atoms with Crippen molar-refractivity contribution in [2.45, 2.75) is 115 Å². The van der Waals surface area contributed by atoms with E-state index in [2.05, 4.69) is 45.8 Å². The van der Waals surface area contributed by atoms with Gasteiger partial charge in [-0.25, -0.2) is 0 Å². The number of nitrogens with zero attached hydrogens (tertiary/aromatic N) is 4. The predicted octanol–water partition coefficient (Wildman–Crippen LogP) is -3.81. The molecule has 8 unspecified atom stereocenters. The minimum atomic E-state index is -1.90. The van der Waals surface area contributed by atoms with Gasteiger partial charge < -0.3 is 86.5 Å². The van der Waals surface area contributed by atoms with Crippen LogP contribution >= 0.6 is 0 Å². The first kappa shape index (κ1) is 72.0. The molecule has 0 spiro atoms. The molecule has 19 nitrogen and oxygen atoms in total. The smallest absolute Gasteiger partial charge is 0.307 e. The van der Waals surface area contributed by atoms with Crippen molar-refractivity contribution in [1.29, 1.82) is 0 Å². The van der Waals surface area contributed by atoms with Crippen LogP contribution in [0.2, 0.25) is 38.3 Å². The van der Waals surface area contributed by atoms with Crippen LogP contribution in [-0.2, 0) is 79.6 Å². The van der Waals surface area contributed by atoms with Crippen molar-refractivity contribution in [2.75, 3.05) is 172 Å². The summed E-state index contributed by atoms with van der Waals surface area (Å²) in [6.45, 7) is 22.4. The van der Waals surface area contributed by atoms with Crippen molar-refractivity contribution in [3.63, 3.8) is 0 Å². The molecular formula is C46H94Cl2N4O15Si2V-2. The van der Waals surface area contributed by atoms with Crippen LogP contribution in [0.1, 0.15) is 40.5 Å². The fourth-order valence-corrected chi connectivity index (χ4v) is 17.8. The molecule has 0 aromatic rings. The van der Waals surface area contributed by atoms with Crippen molar-refractivity contribution >= 4 is 28.6 Å². The van der Waals surface area contributed by atoms with Crippen LogP contribution in [0.4, 0.5) is 0 Å². The molecule has 70 heavy (non-hydrogen) atoms. The zero-order chi connectivity index (χ0) is 46.9. The van der Waals surface area contributed by atoms with Gasteiger partial charge in [0.2, 0.25) is 0 Å². The maximum atomic E-state index is 12.4. The number of rotatable bonds is 40. The second-order valence-corrected chi connectivity index (χ2v) is 27.7. The molecule has 2 N–H and O–H groups in total. The van der Waals surface area contributed by atoms with Crippen LogP contribution in [0.3, 0.4) is 0 Å². The Kier molecular flexibility index (Phi) is 41.4. The molecule has 0 aromatic carbocycles. The Balaban J connectivity index is 0. The van der Waals surface area contributed by atoms with E-state index in [0.717, 1.165) is 64.2 Å². The fourth-order valence-electron chi connectivity index (χ4n) is 8.97. The maximum Gasteiger partial charge on any atom is 0.307 e. The zero-order valence-electron chi connectivity index (χ0n) is 41.9. The fraction of sp³-hybridized carbons (Fsp3) is 0.957. The van der Waals surface area contributed by atoms with E-state index in [4.69, 9.17) is 51.5 Å². The average molecular weight is 1120 g/mol. The number of aliphatic hydroxyl groups is 2. The number of hydrogen-bond donors (Lipinski definition) is 2. The number of carbonyl (C=O) groups excluding carboxylic acids is 2. The van der Waals surface area contributed by atoms with Gasteiger partial charge in [-0.05, 0) is 51.1 Å². The number of hydrogen-bond acceptors (Lipinski definition) is 19. The van der Waals surface area contributed by atoms with E-state index in [1.807, 2.05) is 0 Å². The van der Waals surface area contributed by atoms with Crippen molar-refractivity contribution in [3.8, 4) is 0 Å². The molecule has 24 heteroatoms. The Bertz CT molecular complexity index is 1240. The molecule has 0 bridgehead atoms. The molecule has 0 aromatic heterocycles. The van der Waals surface area contributed by atoms with Gasteiger partial charge in [0, 0.05) is 123 Å². The van der Waals surface area contributed by atoms with Gasteiger partial charge >= 0.3 is 11.9 Å². The first-order chi connectivity index (χ1) is 31.3. The molecule has 4 saturated heterocycles. The summed E-state index contributed by atoms with van der Waals surface area (Å²) < 4.78 is 60.8. The topological polar surface area (TPSA) is 189 Å². The number of halogens is 2. The van der Waals surface area contributed by atoms with Crippen LogP contribution < -0.4 is 24.8 Å². The van der Waals surface area contributed by atoms with Crippen molar-refractivity contribution in [2.24, 2.45) is 0 Å². The van der Waals surface area contributed by atoms with Crippen molar-refractivity contribution < 1.29 is 115 Å². The van der Waals surface area contributed by atoms with Gasteiger partial charge in [-0.15, -0.1) is 0 Å². The third-order valence-electron chi connectivity index (χ3n) is 12.2. The summed E-state index contributed by atoms with van der Waals surface area (Å²) in [5.41, 5.74) is 0. The summed E-state index contributed by atoms with van der Waals surface area (Å²) in [7, 11) is -0.543. The third kappa shape index (κ3) is 30.5. The summed E-state index contributed by atoms with van der Waals surface area (Å²) in [6.07, 6.45) is 1.44. The number of carbonyl (C=O) groups is 2. The third-order valence-corrected chi connectivity index (χ3v) is 19.8. The molecule has 4 rings (SSSR count). The van der Waals surface area contributed by atoms with E-state index < -0.39 is 28.8 Å². The molecule has 0 saturated carbocycles. The molecule has 4 aliphatic rings. The van der Waals surface area contributed by atoms with Crippen LogP contribution in [0, 0.1) is 0 Å². The number of β-amino-alcohol motifs (C(OH)–C–C–N with tert-alkyl or cyclic N) is 2. The number of aliphatic hydroxyl groups excluding tert-OH is 2. The monoisotopic (exact) mass is 1120 g/mol. The van der Waals surface area contributed by atoms with Crippen molar-refractivity contribution in [3.05, 3.63) is 0 Å². The van der Waals surface area contributed by atoms with E-state index in [1.54, 1.807) is 14.2 Å². The first-order valence-electron chi connectivity index (χ1n) is 24.1. The predicted molar refractivity (Wildman–Crippen MR) is 262 cm³/mol. The summed E-state index contributed by atoms with van der Waals surface area (Å²) in [6, 6.07) is 3.05. The summed E-state index contributed by atoms with van der Waals surface area (Å²) >= 11 is 0. The number of methoxy groups -OCH3 is 2. The second kappa shape index (κ2) is 40.2. The SMILES string of the molecule is C.C.COCCOCCOCCOC(=O)CC1C2CN(CC(O)COCCC[Si](C)(C)O[Si](C)(C)CCCOCC(O)CN3CCN4C(CC(=O)OCCOCCOCCOC)C4C3)CCN12.[Cl-].[Cl-].[V]. The molecule has 417 valence electrons. The Labute approximate surface area is 448 Å². The largest absolute Gasteiger partial charge is 1.00 e. The van der Waals surface area contributed by atoms with Gasteiger partial charge in [0.25, 0.3) is 0 Å². The van der Waals surface area contributed by atoms with E-state index >= 15 is 0 Å². The molecule has 8 atom stereocenters. The van der Waals surface area contributed by atoms with Crippen molar-refractivity contribution in [1.82, 2.24) is 19.6 Å². The molecule has 4 aliphatic heterocycles. The maximum absolute atomic E-state index is 12.4. The van der Waals surface area contributed by atoms with Crippen LogP contribution in [0.5, 0.6) is 0 Å². The Morgan fingerprint density at radius 2 is 0.871 bits per heavy atom. The van der Waals surface area contributed by atoms with Gasteiger partial charge in [0.15, 0.2) is 16.6 Å². The Hall–Kier alpha value is -0.0618. The van der Waals surface area contributed by atoms with Gasteiger partial charge in [0.05, 0.1) is 104 Å². The quantitative estimate of drug-likeness (QED) is 0.0263. The van der Waals surface area contributed by atoms with Crippen LogP contribution in [0.25, 0.3) is 0 Å². The summed E-state index contributed by atoms with van der Waals surface area (Å²) in [5.74, 6) is -0.398. The molecule has 4 heterocycles. The second-order valence-electron chi connectivity index (χ2n) is 18.8. The van der Waals surface area contributed by atoms with E-state index in [0.29, 0.717) is 131 Å². The zero-order valence-corrected chi connectivity index (χ0v) is 46.8. The first-order valence-corrected chi connectivity index (χ1v) is 30.3. The van der Waals surface area contributed by atoms with Crippen LogP contribution in [0.15, 0.2) is 0 Å². The normalized spacial score (nSPS) is 22.6. The molecule has 4 fully saturated rings. The summed E-state index contributed by atoms with van der Waals surface area (Å²) in [5, 5.41) is 21.4. The number of esters is 2. The minimum Gasteiger partial charge on any atom is -1.00 e. The summed E-state index contributed by atoms with van der Waals surface area (Å²) in [4.78, 5) is 34.0. The Morgan fingerprint density at radius 3 is 1.23 bits per heavy atom. The van der Waals surface area contributed by atoms with E-state index in [9.17, 15) is 19.8 Å². The van der Waals surface area contributed by atoms with Gasteiger partial charge in [0.1, 0.15) is 13.2 Å². The van der Waals surface area contributed by atoms with Gasteiger partial charge in [-0.1, -0.05) is 14.9 Å².